The predicted octanol–water partition coefficient (Wildman–Crippen LogP) is 2.96. The molecule has 0 aliphatic carbocycles. The van der Waals surface area contributed by atoms with Gasteiger partial charge in [0.15, 0.2) is 0 Å². The van der Waals surface area contributed by atoms with Gasteiger partial charge in [0.2, 0.25) is 5.91 Å². The minimum Gasteiger partial charge on any atom is -0.351 e. The molecular weight excluding hydrogens is 312 g/mol. The molecule has 25 heavy (non-hydrogen) atoms. The summed E-state index contributed by atoms with van der Waals surface area (Å²) in [7, 11) is 0. The minimum atomic E-state index is 0.0216. The highest BCUT2D eigenvalue weighted by Gasteiger charge is 2.25. The van der Waals surface area contributed by atoms with E-state index >= 15 is 0 Å². The van der Waals surface area contributed by atoms with E-state index in [2.05, 4.69) is 5.32 Å². The molecule has 1 aliphatic rings. The number of rotatable bonds is 4. The third kappa shape index (κ3) is 4.47. The van der Waals surface area contributed by atoms with Gasteiger partial charge in [-0.2, -0.15) is 0 Å². The van der Waals surface area contributed by atoms with Crippen LogP contribution in [0.4, 0.5) is 0 Å². The molecule has 1 atom stereocenters. The number of carbonyl (C=O) groups is 2. The highest BCUT2D eigenvalue weighted by Crippen LogP contribution is 2.15. The fourth-order valence-corrected chi connectivity index (χ4v) is 3.30. The van der Waals surface area contributed by atoms with E-state index in [4.69, 9.17) is 0 Å². The van der Waals surface area contributed by atoms with Crippen molar-refractivity contribution in [1.29, 1.82) is 0 Å². The highest BCUT2D eigenvalue weighted by molar-refractivity contribution is 5.94. The number of hydrogen-bond acceptors (Lipinski definition) is 2. The van der Waals surface area contributed by atoms with Crippen molar-refractivity contribution in [3.63, 3.8) is 0 Å². The molecule has 1 N–H and O–H groups in total. The van der Waals surface area contributed by atoms with Crippen LogP contribution in [0.3, 0.4) is 0 Å². The number of nitrogens with zero attached hydrogens (tertiary/aromatic N) is 1. The van der Waals surface area contributed by atoms with Crippen LogP contribution in [0.5, 0.6) is 0 Å². The maximum absolute atomic E-state index is 12.6. The lowest BCUT2D eigenvalue weighted by Gasteiger charge is -2.33. The first kappa shape index (κ1) is 17.2. The molecule has 2 aromatic rings. The monoisotopic (exact) mass is 336 g/mol. The van der Waals surface area contributed by atoms with E-state index in [1.807, 2.05) is 66.4 Å². The van der Waals surface area contributed by atoms with Crippen molar-refractivity contribution in [2.24, 2.45) is 0 Å². The highest BCUT2D eigenvalue weighted by atomic mass is 16.2. The first-order valence-electron chi connectivity index (χ1n) is 8.81. The number of aryl methyl sites for hydroxylation is 1. The van der Waals surface area contributed by atoms with Gasteiger partial charge in [0.25, 0.3) is 5.91 Å². The zero-order chi connectivity index (χ0) is 17.6. The Labute approximate surface area is 148 Å². The molecule has 0 bridgehead atoms. The van der Waals surface area contributed by atoms with E-state index in [1.165, 1.54) is 0 Å². The molecule has 1 aliphatic heterocycles. The average molecular weight is 336 g/mol. The van der Waals surface area contributed by atoms with Crippen LogP contribution in [-0.4, -0.2) is 35.8 Å². The summed E-state index contributed by atoms with van der Waals surface area (Å²) in [6.45, 7) is 3.34. The molecule has 1 heterocycles. The third-order valence-corrected chi connectivity index (χ3v) is 4.71. The normalized spacial score (nSPS) is 17.2. The zero-order valence-corrected chi connectivity index (χ0v) is 14.6. The molecule has 4 nitrogen and oxygen atoms in total. The summed E-state index contributed by atoms with van der Waals surface area (Å²) >= 11 is 0. The lowest BCUT2D eigenvalue weighted by Crippen LogP contribution is -2.50. The second-order valence-corrected chi connectivity index (χ2v) is 6.63. The number of piperidine rings is 1. The first-order valence-corrected chi connectivity index (χ1v) is 8.81. The van der Waals surface area contributed by atoms with Crippen molar-refractivity contribution in [3.8, 4) is 0 Å². The van der Waals surface area contributed by atoms with Gasteiger partial charge in [-0.3, -0.25) is 9.59 Å². The molecule has 1 saturated heterocycles. The van der Waals surface area contributed by atoms with E-state index in [1.54, 1.807) is 0 Å². The lowest BCUT2D eigenvalue weighted by atomic mass is 10.0. The summed E-state index contributed by atoms with van der Waals surface area (Å²) in [6.07, 6.45) is 2.21. The Balaban J connectivity index is 1.57. The van der Waals surface area contributed by atoms with Crippen LogP contribution in [0.15, 0.2) is 54.6 Å². The van der Waals surface area contributed by atoms with Gasteiger partial charge < -0.3 is 10.2 Å². The van der Waals surface area contributed by atoms with Crippen molar-refractivity contribution in [2.75, 3.05) is 13.1 Å². The van der Waals surface area contributed by atoms with Gasteiger partial charge in [-0.15, -0.1) is 0 Å². The number of hydrogen-bond donors (Lipinski definition) is 1. The summed E-state index contributed by atoms with van der Waals surface area (Å²) in [5.74, 6) is 0.0618. The third-order valence-electron chi connectivity index (χ3n) is 4.71. The SMILES string of the molecule is Cc1ccccc1CC(=O)N[C@H]1CCCN(C(=O)c2ccccc2)C1. The van der Waals surface area contributed by atoms with Crippen LogP contribution in [0, 0.1) is 6.92 Å². The Morgan fingerprint density at radius 2 is 1.80 bits per heavy atom. The molecule has 4 heteroatoms. The molecule has 0 aromatic heterocycles. The fraction of sp³-hybridized carbons (Fsp3) is 0.333. The Morgan fingerprint density at radius 3 is 2.56 bits per heavy atom. The van der Waals surface area contributed by atoms with Gasteiger partial charge in [-0.05, 0) is 43.0 Å². The lowest BCUT2D eigenvalue weighted by molar-refractivity contribution is -0.121. The van der Waals surface area contributed by atoms with Gasteiger partial charge in [0.05, 0.1) is 6.42 Å². The van der Waals surface area contributed by atoms with Gasteiger partial charge >= 0.3 is 0 Å². The Bertz CT molecular complexity index is 743. The molecular formula is C21H24N2O2. The summed E-state index contributed by atoms with van der Waals surface area (Å²) in [5, 5.41) is 3.10. The molecule has 0 spiro atoms. The molecule has 130 valence electrons. The first-order chi connectivity index (χ1) is 12.1. The summed E-state index contributed by atoms with van der Waals surface area (Å²) in [5.41, 5.74) is 2.88. The van der Waals surface area contributed by atoms with E-state index in [9.17, 15) is 9.59 Å². The number of nitrogens with one attached hydrogen (secondary N) is 1. The molecule has 0 unspecified atom stereocenters. The summed E-state index contributed by atoms with van der Waals surface area (Å²) < 4.78 is 0. The van der Waals surface area contributed by atoms with E-state index in [0.717, 1.165) is 30.5 Å². The van der Waals surface area contributed by atoms with E-state index < -0.39 is 0 Å². The summed E-state index contributed by atoms with van der Waals surface area (Å²) in [6, 6.07) is 17.3. The Morgan fingerprint density at radius 1 is 1.08 bits per heavy atom. The largest absolute Gasteiger partial charge is 0.351 e. The van der Waals surface area contributed by atoms with Crippen LogP contribution in [0.2, 0.25) is 0 Å². The van der Waals surface area contributed by atoms with Crippen molar-refractivity contribution in [3.05, 3.63) is 71.3 Å². The van der Waals surface area contributed by atoms with Crippen molar-refractivity contribution in [1.82, 2.24) is 10.2 Å². The van der Waals surface area contributed by atoms with E-state index in [0.29, 0.717) is 18.5 Å². The number of carbonyl (C=O) groups excluding carboxylic acids is 2. The van der Waals surface area contributed by atoms with Crippen LogP contribution < -0.4 is 5.32 Å². The van der Waals surface area contributed by atoms with Crippen molar-refractivity contribution < 1.29 is 9.59 Å². The topological polar surface area (TPSA) is 49.4 Å². The van der Waals surface area contributed by atoms with Gasteiger partial charge in [0.1, 0.15) is 0 Å². The van der Waals surface area contributed by atoms with Gasteiger partial charge in [-0.25, -0.2) is 0 Å². The number of likely N-dealkylation sites (tertiary alicyclic amines) is 1. The molecule has 2 amide bonds. The quantitative estimate of drug-likeness (QED) is 0.933. The number of amides is 2. The fourth-order valence-electron chi connectivity index (χ4n) is 3.30. The maximum Gasteiger partial charge on any atom is 0.253 e. The van der Waals surface area contributed by atoms with Gasteiger partial charge in [-0.1, -0.05) is 42.5 Å². The standard InChI is InChI=1S/C21H24N2O2/c1-16-8-5-6-11-18(16)14-20(24)22-19-12-7-13-23(15-19)21(25)17-9-3-2-4-10-17/h2-6,8-11,19H,7,12-15H2,1H3,(H,22,24)/t19-/m0/s1. The summed E-state index contributed by atoms with van der Waals surface area (Å²) in [4.78, 5) is 26.8. The second-order valence-electron chi connectivity index (χ2n) is 6.63. The van der Waals surface area contributed by atoms with Crippen LogP contribution in [-0.2, 0) is 11.2 Å². The van der Waals surface area contributed by atoms with Crippen LogP contribution >= 0.6 is 0 Å². The molecule has 3 rings (SSSR count). The zero-order valence-electron chi connectivity index (χ0n) is 14.6. The Kier molecular flexibility index (Phi) is 5.49. The Hall–Kier alpha value is -2.62. The molecule has 1 fully saturated rings. The predicted molar refractivity (Wildman–Crippen MR) is 98.4 cm³/mol. The minimum absolute atomic E-state index is 0.0216. The van der Waals surface area contributed by atoms with Crippen molar-refractivity contribution >= 4 is 11.8 Å². The molecule has 0 saturated carbocycles. The molecule has 0 radical (unpaired) electrons. The number of benzene rings is 2. The molecule has 2 aromatic carbocycles. The smallest absolute Gasteiger partial charge is 0.253 e. The van der Waals surface area contributed by atoms with Crippen molar-refractivity contribution in [2.45, 2.75) is 32.2 Å². The van der Waals surface area contributed by atoms with Crippen LogP contribution in [0.1, 0.15) is 34.3 Å². The van der Waals surface area contributed by atoms with E-state index in [-0.39, 0.29) is 17.9 Å². The average Bonchev–Trinajstić information content (AvgIpc) is 2.64. The second kappa shape index (κ2) is 7.97. The van der Waals surface area contributed by atoms with Gasteiger partial charge in [0, 0.05) is 24.7 Å². The van der Waals surface area contributed by atoms with Crippen LogP contribution in [0.25, 0.3) is 0 Å². The maximum atomic E-state index is 12.6.